The molecule has 1 aromatic rings. The number of carboxylic acid groups (broad SMARTS) is 1. The zero-order valence-electron chi connectivity index (χ0n) is 8.38. The molecule has 1 atom stereocenters. The first-order chi connectivity index (χ1) is 7.15. The minimum atomic E-state index is -1.01. The number of aliphatic hydroxyl groups excluding tert-OH is 1. The maximum Gasteiger partial charge on any atom is 0.354 e. The van der Waals surface area contributed by atoms with Crippen molar-refractivity contribution in [2.75, 3.05) is 6.61 Å². The first-order valence-electron chi connectivity index (χ1n) is 4.54. The topological polar surface area (TPSA) is 70.4 Å². The van der Waals surface area contributed by atoms with Gasteiger partial charge in [0.25, 0.3) is 0 Å². The van der Waals surface area contributed by atoms with E-state index in [1.54, 1.807) is 12.1 Å². The van der Waals surface area contributed by atoms with Crippen LogP contribution in [0, 0.1) is 0 Å². The van der Waals surface area contributed by atoms with Gasteiger partial charge in [-0.15, -0.1) is 0 Å². The quantitative estimate of drug-likeness (QED) is 0.795. The van der Waals surface area contributed by atoms with E-state index in [0.29, 0.717) is 11.3 Å². The largest absolute Gasteiger partial charge is 0.477 e. The molecule has 1 heterocycles. The molecule has 5 heteroatoms. The Morgan fingerprint density at radius 1 is 1.67 bits per heavy atom. The van der Waals surface area contributed by atoms with Crippen LogP contribution in [-0.2, 0) is 5.75 Å². The summed E-state index contributed by atoms with van der Waals surface area (Å²) in [6, 6.07) is 3.46. The van der Waals surface area contributed by atoms with Crippen LogP contribution >= 0.6 is 11.8 Å². The summed E-state index contributed by atoms with van der Waals surface area (Å²) in [5.74, 6) is -0.458. The number of hydrogen-bond acceptors (Lipinski definition) is 4. The number of hydrogen-bond donors (Lipinski definition) is 2. The van der Waals surface area contributed by atoms with Crippen LogP contribution < -0.4 is 0 Å². The summed E-state index contributed by atoms with van der Waals surface area (Å²) in [4.78, 5) is 14.6. The SMILES string of the molecule is CC(CO)SCc1cccnc1C(=O)O. The van der Waals surface area contributed by atoms with Crippen LogP contribution in [0.15, 0.2) is 18.3 Å². The number of aliphatic hydroxyl groups is 1. The van der Waals surface area contributed by atoms with Gasteiger partial charge in [0, 0.05) is 17.2 Å². The van der Waals surface area contributed by atoms with Gasteiger partial charge in [-0.3, -0.25) is 0 Å². The van der Waals surface area contributed by atoms with Gasteiger partial charge in [0.15, 0.2) is 5.69 Å². The highest BCUT2D eigenvalue weighted by atomic mass is 32.2. The van der Waals surface area contributed by atoms with Crippen LogP contribution in [0.25, 0.3) is 0 Å². The number of rotatable bonds is 5. The molecule has 0 saturated carbocycles. The second kappa shape index (κ2) is 5.72. The molecule has 0 aromatic carbocycles. The number of carbonyl (C=O) groups is 1. The van der Waals surface area contributed by atoms with Gasteiger partial charge in [-0.05, 0) is 11.6 Å². The minimum absolute atomic E-state index is 0.0906. The number of nitrogens with zero attached hydrogens (tertiary/aromatic N) is 1. The van der Waals surface area contributed by atoms with Crippen LogP contribution in [0.2, 0.25) is 0 Å². The molecule has 2 N–H and O–H groups in total. The van der Waals surface area contributed by atoms with Gasteiger partial charge in [0.05, 0.1) is 6.61 Å². The molecule has 15 heavy (non-hydrogen) atoms. The molecule has 0 radical (unpaired) electrons. The van der Waals surface area contributed by atoms with Gasteiger partial charge in [-0.1, -0.05) is 13.0 Å². The molecule has 0 fully saturated rings. The Hall–Kier alpha value is -1.07. The lowest BCUT2D eigenvalue weighted by Gasteiger charge is -2.08. The summed E-state index contributed by atoms with van der Waals surface area (Å²) in [6.07, 6.45) is 1.47. The third kappa shape index (κ3) is 3.53. The summed E-state index contributed by atoms with van der Waals surface area (Å²) < 4.78 is 0. The average Bonchev–Trinajstić information content (AvgIpc) is 2.26. The van der Waals surface area contributed by atoms with Crippen molar-refractivity contribution in [3.63, 3.8) is 0 Å². The zero-order valence-corrected chi connectivity index (χ0v) is 9.20. The lowest BCUT2D eigenvalue weighted by atomic mass is 10.2. The highest BCUT2D eigenvalue weighted by Crippen LogP contribution is 2.18. The predicted octanol–water partition coefficient (Wildman–Crippen LogP) is 1.39. The molecular formula is C10H13NO3S. The first-order valence-corrected chi connectivity index (χ1v) is 5.59. The van der Waals surface area contributed by atoms with E-state index in [9.17, 15) is 4.79 Å². The molecule has 0 amide bonds. The fourth-order valence-electron chi connectivity index (χ4n) is 1.03. The Bertz CT molecular complexity index is 343. The Morgan fingerprint density at radius 2 is 2.40 bits per heavy atom. The summed E-state index contributed by atoms with van der Waals surface area (Å²) >= 11 is 1.51. The van der Waals surface area contributed by atoms with Crippen molar-refractivity contribution >= 4 is 17.7 Å². The van der Waals surface area contributed by atoms with Crippen LogP contribution in [0.5, 0.6) is 0 Å². The molecule has 4 nitrogen and oxygen atoms in total. The van der Waals surface area contributed by atoms with E-state index < -0.39 is 5.97 Å². The van der Waals surface area contributed by atoms with E-state index in [-0.39, 0.29) is 17.6 Å². The Kier molecular flexibility index (Phi) is 4.58. The molecule has 0 bridgehead atoms. The molecule has 0 aliphatic carbocycles. The smallest absolute Gasteiger partial charge is 0.354 e. The highest BCUT2D eigenvalue weighted by molar-refractivity contribution is 7.99. The predicted molar refractivity (Wildman–Crippen MR) is 59.0 cm³/mol. The van der Waals surface area contributed by atoms with Gasteiger partial charge in [-0.2, -0.15) is 11.8 Å². The monoisotopic (exact) mass is 227 g/mol. The average molecular weight is 227 g/mol. The maximum absolute atomic E-state index is 10.8. The molecular weight excluding hydrogens is 214 g/mol. The van der Waals surface area contributed by atoms with Crippen molar-refractivity contribution in [3.8, 4) is 0 Å². The molecule has 1 aromatic heterocycles. The lowest BCUT2D eigenvalue weighted by Crippen LogP contribution is -2.07. The summed E-state index contributed by atoms with van der Waals surface area (Å²) in [5.41, 5.74) is 0.783. The Balaban J connectivity index is 2.72. The van der Waals surface area contributed by atoms with E-state index in [4.69, 9.17) is 10.2 Å². The molecule has 0 spiro atoms. The van der Waals surface area contributed by atoms with Crippen molar-refractivity contribution < 1.29 is 15.0 Å². The number of thioether (sulfide) groups is 1. The van der Waals surface area contributed by atoms with E-state index in [2.05, 4.69) is 4.98 Å². The molecule has 0 saturated heterocycles. The minimum Gasteiger partial charge on any atom is -0.477 e. The maximum atomic E-state index is 10.8. The molecule has 0 aliphatic heterocycles. The van der Waals surface area contributed by atoms with Crippen LogP contribution in [0.4, 0.5) is 0 Å². The highest BCUT2D eigenvalue weighted by Gasteiger charge is 2.11. The number of carboxylic acids is 1. The molecule has 1 unspecified atom stereocenters. The third-order valence-electron chi connectivity index (χ3n) is 1.87. The summed E-state index contributed by atoms with van der Waals surface area (Å²) in [5, 5.41) is 17.8. The van der Waals surface area contributed by atoms with E-state index >= 15 is 0 Å². The van der Waals surface area contributed by atoms with Crippen LogP contribution in [0.1, 0.15) is 23.0 Å². The van der Waals surface area contributed by atoms with E-state index in [1.165, 1.54) is 18.0 Å². The fourth-order valence-corrected chi connectivity index (χ4v) is 1.83. The molecule has 1 rings (SSSR count). The normalized spacial score (nSPS) is 12.4. The summed E-state index contributed by atoms with van der Waals surface area (Å²) in [7, 11) is 0. The second-order valence-corrected chi connectivity index (χ2v) is 4.55. The van der Waals surface area contributed by atoms with Gasteiger partial charge in [0.1, 0.15) is 0 Å². The van der Waals surface area contributed by atoms with Gasteiger partial charge < -0.3 is 10.2 Å². The first kappa shape index (κ1) is 12.0. The third-order valence-corrected chi connectivity index (χ3v) is 3.07. The Morgan fingerprint density at radius 3 is 3.00 bits per heavy atom. The van der Waals surface area contributed by atoms with E-state index in [1.807, 2.05) is 6.92 Å². The van der Waals surface area contributed by atoms with Crippen molar-refractivity contribution in [3.05, 3.63) is 29.6 Å². The number of aromatic carboxylic acids is 1. The molecule has 0 aliphatic rings. The van der Waals surface area contributed by atoms with Gasteiger partial charge in [0.2, 0.25) is 0 Å². The van der Waals surface area contributed by atoms with Crippen molar-refractivity contribution in [2.24, 2.45) is 0 Å². The second-order valence-electron chi connectivity index (χ2n) is 3.12. The van der Waals surface area contributed by atoms with Crippen LogP contribution in [0.3, 0.4) is 0 Å². The van der Waals surface area contributed by atoms with Crippen molar-refractivity contribution in [1.82, 2.24) is 4.98 Å². The fraction of sp³-hybridized carbons (Fsp3) is 0.400. The molecule has 82 valence electrons. The van der Waals surface area contributed by atoms with Crippen molar-refractivity contribution in [2.45, 2.75) is 17.9 Å². The van der Waals surface area contributed by atoms with Crippen molar-refractivity contribution in [1.29, 1.82) is 0 Å². The summed E-state index contributed by atoms with van der Waals surface area (Å²) in [6.45, 7) is 1.98. The zero-order chi connectivity index (χ0) is 11.3. The van der Waals surface area contributed by atoms with Gasteiger partial charge >= 0.3 is 5.97 Å². The van der Waals surface area contributed by atoms with Crippen LogP contribution in [-0.4, -0.2) is 33.0 Å². The van der Waals surface area contributed by atoms with E-state index in [0.717, 1.165) is 0 Å². The number of pyridine rings is 1. The lowest BCUT2D eigenvalue weighted by molar-refractivity contribution is 0.0689. The standard InChI is InChI=1S/C10H13NO3S/c1-7(5-12)15-6-8-3-2-4-11-9(8)10(13)14/h2-4,7,12H,5-6H2,1H3,(H,13,14). The number of aromatic nitrogens is 1. The van der Waals surface area contributed by atoms with Gasteiger partial charge in [-0.25, -0.2) is 9.78 Å². The Labute approximate surface area is 92.3 Å².